The van der Waals surface area contributed by atoms with Gasteiger partial charge in [-0.3, -0.25) is 18.7 Å². The first-order valence-corrected chi connectivity index (χ1v) is 7.57. The molecule has 2 aromatic rings. The monoisotopic (exact) mass is 349 g/mol. The van der Waals surface area contributed by atoms with Gasteiger partial charge in [0.2, 0.25) is 11.5 Å². The van der Waals surface area contributed by atoms with Crippen molar-refractivity contribution < 1.29 is 18.7 Å². The van der Waals surface area contributed by atoms with E-state index in [1.165, 1.54) is 25.4 Å². The molecule has 2 rings (SSSR count). The normalized spacial score (nSPS) is 10.9. The lowest BCUT2D eigenvalue weighted by atomic mass is 10.1. The quantitative estimate of drug-likeness (QED) is 0.591. The van der Waals surface area contributed by atoms with Gasteiger partial charge in [-0.25, -0.2) is 9.59 Å². The Balaban J connectivity index is 2.33. The molecule has 0 spiro atoms. The number of carbonyl (C=O) groups excluding carboxylic acids is 2. The Bertz CT molecular complexity index is 905. The van der Waals surface area contributed by atoms with E-state index in [2.05, 4.69) is 0 Å². The minimum atomic E-state index is -0.843. The smallest absolute Gasteiger partial charge is 0.374 e. The zero-order chi connectivity index (χ0) is 18.7. The molecule has 0 unspecified atom stereocenters. The second-order valence-corrected chi connectivity index (χ2v) is 5.89. The average molecular weight is 349 g/mol. The molecule has 2 heterocycles. The molecule has 134 valence electrons. The molecule has 0 saturated heterocycles. The van der Waals surface area contributed by atoms with Crippen molar-refractivity contribution in [3.05, 3.63) is 50.6 Å². The van der Waals surface area contributed by atoms with Gasteiger partial charge in [0.1, 0.15) is 11.4 Å². The fourth-order valence-electron chi connectivity index (χ4n) is 2.26. The number of hydrogen-bond donors (Lipinski definition) is 1. The molecule has 0 bridgehead atoms. The van der Waals surface area contributed by atoms with Crippen molar-refractivity contribution in [2.24, 2.45) is 13.0 Å². The van der Waals surface area contributed by atoms with Gasteiger partial charge in [0.05, 0.1) is 6.26 Å². The van der Waals surface area contributed by atoms with E-state index in [1.807, 2.05) is 13.8 Å². The first-order valence-electron chi connectivity index (χ1n) is 7.57. The minimum Gasteiger partial charge on any atom is -0.457 e. The van der Waals surface area contributed by atoms with E-state index in [0.717, 1.165) is 9.13 Å². The summed E-state index contributed by atoms with van der Waals surface area (Å²) in [5.74, 6) is -1.88. The van der Waals surface area contributed by atoms with Crippen molar-refractivity contribution in [2.45, 2.75) is 20.4 Å². The third-order valence-electron chi connectivity index (χ3n) is 3.47. The van der Waals surface area contributed by atoms with Crippen molar-refractivity contribution >= 4 is 17.6 Å². The summed E-state index contributed by atoms with van der Waals surface area (Å²) in [4.78, 5) is 48.5. The van der Waals surface area contributed by atoms with E-state index >= 15 is 0 Å². The van der Waals surface area contributed by atoms with Gasteiger partial charge in [0.15, 0.2) is 6.61 Å². The van der Waals surface area contributed by atoms with Gasteiger partial charge < -0.3 is 14.9 Å². The average Bonchev–Trinajstić information content (AvgIpc) is 3.09. The van der Waals surface area contributed by atoms with Gasteiger partial charge >= 0.3 is 11.7 Å². The standard InChI is InChI=1S/C16H19N3O6/c1-9(2)7-19-13(17)12(14(21)18(3)16(19)23)10(20)8-25-15(22)11-5-4-6-24-11/h4-6,9H,7-8,17H2,1-3H3. The van der Waals surface area contributed by atoms with E-state index in [-0.39, 0.29) is 29.6 Å². The van der Waals surface area contributed by atoms with Gasteiger partial charge in [-0.15, -0.1) is 0 Å². The summed E-state index contributed by atoms with van der Waals surface area (Å²) < 4.78 is 11.7. The van der Waals surface area contributed by atoms with Crippen LogP contribution in [0, 0.1) is 5.92 Å². The van der Waals surface area contributed by atoms with E-state index in [0.29, 0.717) is 0 Å². The second kappa shape index (κ2) is 7.20. The van der Waals surface area contributed by atoms with Gasteiger partial charge in [0.25, 0.3) is 5.56 Å². The highest BCUT2D eigenvalue weighted by atomic mass is 16.5. The molecule has 9 nitrogen and oxygen atoms in total. The van der Waals surface area contributed by atoms with Crippen molar-refractivity contribution in [2.75, 3.05) is 12.3 Å². The van der Waals surface area contributed by atoms with Crippen molar-refractivity contribution in [1.82, 2.24) is 9.13 Å². The molecule has 0 fully saturated rings. The molecule has 2 aromatic heterocycles. The van der Waals surface area contributed by atoms with Gasteiger partial charge in [0, 0.05) is 13.6 Å². The fourth-order valence-corrected chi connectivity index (χ4v) is 2.26. The van der Waals surface area contributed by atoms with Crippen LogP contribution in [0.1, 0.15) is 34.8 Å². The molecule has 0 aliphatic rings. The van der Waals surface area contributed by atoms with Gasteiger partial charge in [-0.05, 0) is 18.1 Å². The Hall–Kier alpha value is -3.10. The van der Waals surface area contributed by atoms with Crippen LogP contribution in [-0.4, -0.2) is 27.5 Å². The molecule has 2 N–H and O–H groups in total. The topological polar surface area (TPSA) is 127 Å². The van der Waals surface area contributed by atoms with Crippen LogP contribution in [0.4, 0.5) is 5.82 Å². The van der Waals surface area contributed by atoms with E-state index in [4.69, 9.17) is 14.9 Å². The number of nitrogens with zero attached hydrogens (tertiary/aromatic N) is 2. The molecular weight excluding hydrogens is 330 g/mol. The summed E-state index contributed by atoms with van der Waals surface area (Å²) in [6.45, 7) is 3.28. The van der Waals surface area contributed by atoms with Crippen LogP contribution in [0.25, 0.3) is 0 Å². The van der Waals surface area contributed by atoms with Crippen LogP contribution in [0.5, 0.6) is 0 Å². The number of nitrogen functional groups attached to an aromatic ring is 1. The lowest BCUT2D eigenvalue weighted by Crippen LogP contribution is -2.43. The molecule has 0 amide bonds. The summed E-state index contributed by atoms with van der Waals surface area (Å²) in [5.41, 5.74) is 4.05. The fraction of sp³-hybridized carbons (Fsp3) is 0.375. The van der Waals surface area contributed by atoms with Crippen LogP contribution < -0.4 is 17.0 Å². The molecule has 0 aromatic carbocycles. The molecule has 0 radical (unpaired) electrons. The predicted molar refractivity (Wildman–Crippen MR) is 88.5 cm³/mol. The van der Waals surface area contributed by atoms with E-state index in [9.17, 15) is 19.2 Å². The first-order chi connectivity index (χ1) is 11.7. The largest absolute Gasteiger partial charge is 0.457 e. The van der Waals surface area contributed by atoms with Gasteiger partial charge in [-0.1, -0.05) is 13.8 Å². The van der Waals surface area contributed by atoms with E-state index < -0.39 is 29.6 Å². The summed E-state index contributed by atoms with van der Waals surface area (Å²) in [6, 6.07) is 2.87. The Morgan fingerprint density at radius 2 is 2.00 bits per heavy atom. The maximum absolute atomic E-state index is 12.3. The maximum Gasteiger partial charge on any atom is 0.374 e. The van der Waals surface area contributed by atoms with Gasteiger partial charge in [-0.2, -0.15) is 0 Å². The lowest BCUT2D eigenvalue weighted by molar-refractivity contribution is 0.0443. The number of esters is 1. The Morgan fingerprint density at radius 3 is 2.56 bits per heavy atom. The Kier molecular flexibility index (Phi) is 5.26. The summed E-state index contributed by atoms with van der Waals surface area (Å²) in [7, 11) is 1.26. The number of furan rings is 1. The molecule has 0 aliphatic heterocycles. The van der Waals surface area contributed by atoms with E-state index in [1.54, 1.807) is 0 Å². The molecule has 25 heavy (non-hydrogen) atoms. The predicted octanol–water partition coefficient (Wildman–Crippen LogP) is 0.418. The number of anilines is 1. The highest BCUT2D eigenvalue weighted by molar-refractivity contribution is 6.01. The highest BCUT2D eigenvalue weighted by Crippen LogP contribution is 2.09. The number of hydrogen-bond acceptors (Lipinski definition) is 7. The number of Topliss-reactive ketones (excluding diaryl/α,β-unsaturated/α-hetero) is 1. The third-order valence-corrected chi connectivity index (χ3v) is 3.47. The third kappa shape index (κ3) is 3.70. The number of rotatable bonds is 6. The zero-order valence-corrected chi connectivity index (χ0v) is 14.1. The van der Waals surface area contributed by atoms with Crippen molar-refractivity contribution in [3.8, 4) is 0 Å². The summed E-state index contributed by atoms with van der Waals surface area (Å²) >= 11 is 0. The molecule has 0 aliphatic carbocycles. The zero-order valence-electron chi connectivity index (χ0n) is 14.1. The number of ketones is 1. The van der Waals surface area contributed by atoms with Crippen LogP contribution >= 0.6 is 0 Å². The SMILES string of the molecule is CC(C)Cn1c(N)c(C(=O)COC(=O)c2ccco2)c(=O)n(C)c1=O. The number of aromatic nitrogens is 2. The van der Waals surface area contributed by atoms with Crippen LogP contribution in [0.15, 0.2) is 32.4 Å². The summed E-state index contributed by atoms with van der Waals surface area (Å²) in [6.07, 6.45) is 1.29. The van der Waals surface area contributed by atoms with Crippen LogP contribution in [-0.2, 0) is 18.3 Å². The lowest BCUT2D eigenvalue weighted by Gasteiger charge is -2.16. The van der Waals surface area contributed by atoms with Crippen molar-refractivity contribution in [1.29, 1.82) is 0 Å². The van der Waals surface area contributed by atoms with Crippen LogP contribution in [0.2, 0.25) is 0 Å². The number of ether oxygens (including phenoxy) is 1. The first kappa shape index (κ1) is 18.2. The minimum absolute atomic E-state index is 0.0669. The molecule has 0 saturated carbocycles. The molecular formula is C16H19N3O6. The second-order valence-electron chi connectivity index (χ2n) is 5.89. The van der Waals surface area contributed by atoms with Crippen LogP contribution in [0.3, 0.4) is 0 Å². The molecule has 0 atom stereocenters. The Morgan fingerprint density at radius 1 is 1.32 bits per heavy atom. The maximum atomic E-state index is 12.3. The highest BCUT2D eigenvalue weighted by Gasteiger charge is 2.23. The summed E-state index contributed by atoms with van der Waals surface area (Å²) in [5, 5.41) is 0. The number of nitrogens with two attached hydrogens (primary N) is 1. The van der Waals surface area contributed by atoms with Crippen molar-refractivity contribution in [3.63, 3.8) is 0 Å². The molecule has 9 heteroatoms. The number of carbonyl (C=O) groups is 2. The Labute approximate surface area is 142 Å².